The third-order valence-electron chi connectivity index (χ3n) is 6.20. The Morgan fingerprint density at radius 2 is 2.09 bits per heavy atom. The van der Waals surface area contributed by atoms with Gasteiger partial charge in [-0.15, -0.1) is 14.8 Å². The molecule has 4 heterocycles. The number of nitrogens with zero attached hydrogens (tertiary/aromatic N) is 6. The summed E-state index contributed by atoms with van der Waals surface area (Å²) in [5.41, 5.74) is 1.94. The van der Waals surface area contributed by atoms with Gasteiger partial charge >= 0.3 is 18.1 Å². The first-order valence-electron chi connectivity index (χ1n) is 12.0. The maximum atomic E-state index is 12.0. The maximum Gasteiger partial charge on any atom is 0.407 e. The van der Waals surface area contributed by atoms with Crippen LogP contribution >= 0.6 is 0 Å². The fraction of sp³-hybridized carbons (Fsp3) is 0.609. The molecule has 35 heavy (non-hydrogen) atoms. The quantitative estimate of drug-likeness (QED) is 0.560. The summed E-state index contributed by atoms with van der Waals surface area (Å²) in [6.07, 6.45) is 2.91. The predicted octanol–water partition coefficient (Wildman–Crippen LogP) is 1.71. The molecule has 0 saturated carbocycles. The summed E-state index contributed by atoms with van der Waals surface area (Å²) in [5, 5.41) is 19.6. The average molecular weight is 488 g/mol. The zero-order valence-corrected chi connectivity index (χ0v) is 21.0. The molecule has 0 unspecified atom stereocenters. The third kappa shape index (κ3) is 5.02. The van der Waals surface area contributed by atoms with Crippen molar-refractivity contribution in [2.45, 2.75) is 59.2 Å². The van der Waals surface area contributed by atoms with E-state index in [2.05, 4.69) is 52.9 Å². The molecule has 0 aromatic carbocycles. The van der Waals surface area contributed by atoms with Gasteiger partial charge in [0.05, 0.1) is 55.3 Å². The largest absolute Gasteiger partial charge is 0.465 e. The van der Waals surface area contributed by atoms with Crippen LogP contribution < -0.4 is 20.1 Å². The molecule has 0 spiro atoms. The lowest BCUT2D eigenvalue weighted by molar-refractivity contribution is -0.740. The molecular weight excluding hydrogens is 452 g/mol. The molecule has 190 valence electrons. The number of carbonyl (C=O) groups excluding carboxylic acids is 1. The number of hydrogen-bond acceptors (Lipinski definition) is 6. The van der Waals surface area contributed by atoms with E-state index in [1.165, 1.54) is 4.90 Å². The topological polar surface area (TPSA) is 129 Å². The number of fused-ring (bicyclic) bond motifs is 1. The summed E-state index contributed by atoms with van der Waals surface area (Å²) >= 11 is 0. The van der Waals surface area contributed by atoms with E-state index in [1.807, 2.05) is 6.92 Å². The summed E-state index contributed by atoms with van der Waals surface area (Å²) in [6, 6.07) is -0.170. The van der Waals surface area contributed by atoms with Gasteiger partial charge in [-0.25, -0.2) is 14.2 Å². The normalized spacial score (nSPS) is 18.3. The number of aromatic nitrogens is 4. The van der Waals surface area contributed by atoms with Crippen molar-refractivity contribution in [3.05, 3.63) is 23.7 Å². The van der Waals surface area contributed by atoms with Crippen LogP contribution in [0.25, 0.3) is 5.95 Å². The highest BCUT2D eigenvalue weighted by molar-refractivity contribution is 5.88. The summed E-state index contributed by atoms with van der Waals surface area (Å²) in [5.74, 6) is 1.58. The van der Waals surface area contributed by atoms with Gasteiger partial charge in [-0.2, -0.15) is 0 Å². The highest BCUT2D eigenvalue weighted by Gasteiger charge is 2.40. The number of carbonyl (C=O) groups is 2. The van der Waals surface area contributed by atoms with Crippen molar-refractivity contribution >= 4 is 23.6 Å². The number of urea groups is 1. The van der Waals surface area contributed by atoms with E-state index >= 15 is 0 Å². The zero-order valence-electron chi connectivity index (χ0n) is 21.0. The van der Waals surface area contributed by atoms with Gasteiger partial charge in [-0.3, -0.25) is 0 Å². The molecule has 0 bridgehead atoms. The highest BCUT2D eigenvalue weighted by Crippen LogP contribution is 2.31. The Hall–Kier alpha value is -3.41. The van der Waals surface area contributed by atoms with Crippen molar-refractivity contribution in [1.29, 1.82) is 0 Å². The van der Waals surface area contributed by atoms with E-state index in [4.69, 9.17) is 9.72 Å². The molecule has 3 N–H and O–H groups in total. The second-order valence-corrected chi connectivity index (χ2v) is 9.90. The molecular formula is C23H35N8O4+. The van der Waals surface area contributed by atoms with Crippen molar-refractivity contribution in [2.75, 3.05) is 43.1 Å². The van der Waals surface area contributed by atoms with Crippen LogP contribution in [-0.2, 0) is 23.2 Å². The third-order valence-corrected chi connectivity index (χ3v) is 6.20. The SMILES string of the molecule is CCNC(=O)Nc1cnn(-c2nc3c(c(N4CCOC[C@@H]4C)[n+]2C(C)(C)C)CCN(C(=O)O)C3)c1. The minimum absolute atomic E-state index is 0.141. The zero-order chi connectivity index (χ0) is 25.3. The molecule has 1 fully saturated rings. The molecule has 1 atom stereocenters. The van der Waals surface area contributed by atoms with Crippen molar-refractivity contribution in [1.82, 2.24) is 25.0 Å². The number of ether oxygens (including phenoxy) is 1. The lowest BCUT2D eigenvalue weighted by Gasteiger charge is -2.38. The van der Waals surface area contributed by atoms with Crippen molar-refractivity contribution in [3.63, 3.8) is 0 Å². The molecule has 4 rings (SSSR count). The molecule has 12 heteroatoms. The van der Waals surface area contributed by atoms with Crippen molar-refractivity contribution in [2.24, 2.45) is 0 Å². The van der Waals surface area contributed by atoms with Gasteiger partial charge in [-0.1, -0.05) is 0 Å². The van der Waals surface area contributed by atoms with Crippen molar-refractivity contribution < 1.29 is 24.0 Å². The van der Waals surface area contributed by atoms with Crippen LogP contribution in [0.2, 0.25) is 0 Å². The van der Waals surface area contributed by atoms with E-state index in [1.54, 1.807) is 17.1 Å². The van der Waals surface area contributed by atoms with E-state index in [0.29, 0.717) is 44.4 Å². The number of hydrogen-bond donors (Lipinski definition) is 3. The first-order valence-corrected chi connectivity index (χ1v) is 12.0. The summed E-state index contributed by atoms with van der Waals surface area (Å²) in [4.78, 5) is 32.4. The fourth-order valence-electron chi connectivity index (χ4n) is 4.60. The van der Waals surface area contributed by atoms with E-state index in [9.17, 15) is 14.7 Å². The van der Waals surface area contributed by atoms with Crippen LogP contribution in [0.3, 0.4) is 0 Å². The first kappa shape index (κ1) is 24.7. The minimum Gasteiger partial charge on any atom is -0.465 e. The van der Waals surface area contributed by atoms with Gasteiger partial charge in [0.25, 0.3) is 0 Å². The number of amides is 3. The van der Waals surface area contributed by atoms with Crippen molar-refractivity contribution in [3.8, 4) is 5.95 Å². The van der Waals surface area contributed by atoms with E-state index < -0.39 is 6.09 Å². The summed E-state index contributed by atoms with van der Waals surface area (Å²) in [7, 11) is 0. The Morgan fingerprint density at radius 3 is 2.74 bits per heavy atom. The second-order valence-electron chi connectivity index (χ2n) is 9.90. The average Bonchev–Trinajstić information content (AvgIpc) is 3.25. The van der Waals surface area contributed by atoms with Gasteiger partial charge < -0.3 is 30.3 Å². The lowest BCUT2D eigenvalue weighted by atomic mass is 10.0. The smallest absolute Gasteiger partial charge is 0.407 e. The Bertz CT molecular complexity index is 1110. The van der Waals surface area contributed by atoms with Gasteiger partial charge in [0.2, 0.25) is 5.82 Å². The molecule has 3 amide bonds. The van der Waals surface area contributed by atoms with Gasteiger partial charge in [0.1, 0.15) is 11.9 Å². The lowest BCUT2D eigenvalue weighted by Crippen LogP contribution is -2.61. The molecule has 1 saturated heterocycles. The summed E-state index contributed by atoms with van der Waals surface area (Å²) < 4.78 is 9.52. The van der Waals surface area contributed by atoms with Gasteiger partial charge in [0, 0.05) is 13.1 Å². The minimum atomic E-state index is -0.958. The van der Waals surface area contributed by atoms with Crippen LogP contribution in [0.5, 0.6) is 0 Å². The van der Waals surface area contributed by atoms with Crippen LogP contribution in [0, 0.1) is 0 Å². The molecule has 0 radical (unpaired) electrons. The molecule has 2 aromatic rings. The van der Waals surface area contributed by atoms with Crippen LogP contribution in [0.1, 0.15) is 45.9 Å². The second kappa shape index (κ2) is 9.68. The monoisotopic (exact) mass is 487 g/mol. The maximum absolute atomic E-state index is 12.0. The van der Waals surface area contributed by atoms with E-state index in [0.717, 1.165) is 23.6 Å². The molecule has 12 nitrogen and oxygen atoms in total. The Balaban J connectivity index is 1.90. The number of rotatable bonds is 4. The Labute approximate surface area is 204 Å². The van der Waals surface area contributed by atoms with Crippen LogP contribution in [0.4, 0.5) is 21.1 Å². The van der Waals surface area contributed by atoms with Crippen LogP contribution in [0.15, 0.2) is 12.4 Å². The van der Waals surface area contributed by atoms with Gasteiger partial charge in [0.15, 0.2) is 0 Å². The highest BCUT2D eigenvalue weighted by atomic mass is 16.5. The fourth-order valence-corrected chi connectivity index (χ4v) is 4.60. The Kier molecular flexibility index (Phi) is 6.84. The molecule has 2 aliphatic rings. The molecule has 0 aliphatic carbocycles. The first-order chi connectivity index (χ1) is 16.6. The van der Waals surface area contributed by atoms with Crippen LogP contribution in [-0.4, -0.2) is 75.8 Å². The number of nitrogens with one attached hydrogen (secondary N) is 2. The summed E-state index contributed by atoms with van der Waals surface area (Å²) in [6.45, 7) is 13.4. The van der Waals surface area contributed by atoms with E-state index in [-0.39, 0.29) is 24.2 Å². The predicted molar refractivity (Wildman–Crippen MR) is 129 cm³/mol. The van der Waals surface area contributed by atoms with Gasteiger partial charge in [-0.05, 0) is 41.0 Å². The number of morpholine rings is 1. The number of anilines is 2. The molecule has 2 aliphatic heterocycles. The Morgan fingerprint density at radius 1 is 1.31 bits per heavy atom. The standard InChI is InChI=1S/C23H34N8O4/c1-6-24-20(32)26-16-11-25-30(12-16)21-27-18-13-28(22(33)34)8-7-17(18)19(31(21)23(3,4)5)29-9-10-35-14-15(29)2/h11-12,15H,6-10,13-14H2,1-5H3,(H2-,24,26,32,33,34)/p+1/t15-/m0/s1. The number of carboxylic acid groups (broad SMARTS) is 1. The molecule has 2 aromatic heterocycles.